The minimum Gasteiger partial charge on any atom is -0.497 e. The summed E-state index contributed by atoms with van der Waals surface area (Å²) >= 11 is 2.93. The smallest absolute Gasteiger partial charge is 0.234 e. The SMILES string of the molecule is COc1ccc(-n2c(Cc3cccs3)nnc2SCC(=O)Nc2cccc(F)c2)cc1. The molecule has 31 heavy (non-hydrogen) atoms. The van der Waals surface area contributed by atoms with E-state index in [0.717, 1.165) is 17.3 Å². The second kappa shape index (κ2) is 9.76. The van der Waals surface area contributed by atoms with Crippen molar-refractivity contribution >= 4 is 34.7 Å². The summed E-state index contributed by atoms with van der Waals surface area (Å²) in [6.45, 7) is 0. The van der Waals surface area contributed by atoms with Gasteiger partial charge in [0.15, 0.2) is 5.16 Å². The van der Waals surface area contributed by atoms with Crippen molar-refractivity contribution in [3.8, 4) is 11.4 Å². The monoisotopic (exact) mass is 454 g/mol. The molecule has 2 aromatic heterocycles. The lowest BCUT2D eigenvalue weighted by molar-refractivity contribution is -0.113. The van der Waals surface area contributed by atoms with Gasteiger partial charge in [0.1, 0.15) is 17.4 Å². The van der Waals surface area contributed by atoms with Crippen molar-refractivity contribution in [3.05, 3.63) is 82.6 Å². The fourth-order valence-corrected chi connectivity index (χ4v) is 4.43. The number of rotatable bonds is 8. The molecule has 0 saturated carbocycles. The van der Waals surface area contributed by atoms with Crippen LogP contribution in [0.25, 0.3) is 5.69 Å². The van der Waals surface area contributed by atoms with Crippen LogP contribution in [-0.2, 0) is 11.2 Å². The first kappa shape index (κ1) is 21.1. The Hall–Kier alpha value is -3.17. The van der Waals surface area contributed by atoms with E-state index in [-0.39, 0.29) is 11.7 Å². The van der Waals surface area contributed by atoms with Crippen LogP contribution in [-0.4, -0.2) is 33.5 Å². The van der Waals surface area contributed by atoms with Gasteiger partial charge < -0.3 is 10.1 Å². The third-order valence-corrected chi connectivity index (χ3v) is 6.19. The van der Waals surface area contributed by atoms with Gasteiger partial charge >= 0.3 is 0 Å². The molecule has 0 aliphatic heterocycles. The van der Waals surface area contributed by atoms with Crippen molar-refractivity contribution in [3.63, 3.8) is 0 Å². The van der Waals surface area contributed by atoms with Gasteiger partial charge in [-0.2, -0.15) is 0 Å². The van der Waals surface area contributed by atoms with E-state index in [4.69, 9.17) is 4.74 Å². The van der Waals surface area contributed by atoms with Crippen molar-refractivity contribution in [2.24, 2.45) is 0 Å². The third-order valence-electron chi connectivity index (χ3n) is 4.38. The number of halogens is 1. The Morgan fingerprint density at radius 1 is 1.16 bits per heavy atom. The van der Waals surface area contributed by atoms with E-state index >= 15 is 0 Å². The highest BCUT2D eigenvalue weighted by Crippen LogP contribution is 2.26. The first-order chi connectivity index (χ1) is 15.1. The predicted octanol–water partition coefficient (Wildman–Crippen LogP) is 4.80. The van der Waals surface area contributed by atoms with Crippen LogP contribution in [0.2, 0.25) is 0 Å². The summed E-state index contributed by atoms with van der Waals surface area (Å²) in [5.41, 5.74) is 1.30. The first-order valence-electron chi connectivity index (χ1n) is 9.41. The summed E-state index contributed by atoms with van der Waals surface area (Å²) in [7, 11) is 1.62. The molecule has 0 radical (unpaired) electrons. The second-order valence-electron chi connectivity index (χ2n) is 6.54. The zero-order valence-electron chi connectivity index (χ0n) is 16.6. The van der Waals surface area contributed by atoms with Crippen LogP contribution in [0.15, 0.2) is 71.2 Å². The molecule has 6 nitrogen and oxygen atoms in total. The number of amides is 1. The molecular weight excluding hydrogens is 435 g/mol. The highest BCUT2D eigenvalue weighted by atomic mass is 32.2. The Kier molecular flexibility index (Phi) is 6.63. The van der Waals surface area contributed by atoms with Crippen LogP contribution in [0, 0.1) is 5.82 Å². The molecule has 0 saturated heterocycles. The van der Waals surface area contributed by atoms with Gasteiger partial charge in [0.05, 0.1) is 12.9 Å². The maximum absolute atomic E-state index is 13.3. The zero-order valence-corrected chi connectivity index (χ0v) is 18.3. The molecule has 0 spiro atoms. The number of nitrogens with one attached hydrogen (secondary N) is 1. The Balaban J connectivity index is 1.54. The summed E-state index contributed by atoms with van der Waals surface area (Å²) < 4.78 is 20.5. The number of aromatic nitrogens is 3. The number of ether oxygens (including phenoxy) is 1. The Morgan fingerprint density at radius 3 is 2.71 bits per heavy atom. The molecule has 0 aliphatic rings. The van der Waals surface area contributed by atoms with Crippen LogP contribution < -0.4 is 10.1 Å². The normalized spacial score (nSPS) is 10.8. The van der Waals surface area contributed by atoms with E-state index in [0.29, 0.717) is 17.3 Å². The molecule has 0 bridgehead atoms. The highest BCUT2D eigenvalue weighted by molar-refractivity contribution is 7.99. The van der Waals surface area contributed by atoms with Crippen LogP contribution in [0.1, 0.15) is 10.7 Å². The lowest BCUT2D eigenvalue weighted by atomic mass is 10.2. The minimum absolute atomic E-state index is 0.115. The predicted molar refractivity (Wildman–Crippen MR) is 121 cm³/mol. The van der Waals surface area contributed by atoms with E-state index in [2.05, 4.69) is 21.6 Å². The fraction of sp³-hybridized carbons (Fsp3) is 0.136. The largest absolute Gasteiger partial charge is 0.497 e. The van der Waals surface area contributed by atoms with Gasteiger partial charge in [0.25, 0.3) is 0 Å². The van der Waals surface area contributed by atoms with Crippen LogP contribution in [0.4, 0.5) is 10.1 Å². The number of thiophene rings is 1. The Labute approximate surface area is 187 Å². The number of carbonyl (C=O) groups is 1. The average molecular weight is 455 g/mol. The topological polar surface area (TPSA) is 69.0 Å². The summed E-state index contributed by atoms with van der Waals surface area (Å²) in [5, 5.41) is 14.0. The van der Waals surface area contributed by atoms with E-state index in [1.807, 2.05) is 40.3 Å². The van der Waals surface area contributed by atoms with Crippen molar-refractivity contribution in [1.82, 2.24) is 14.8 Å². The fourth-order valence-electron chi connectivity index (χ4n) is 2.96. The van der Waals surface area contributed by atoms with Gasteiger partial charge in [-0.1, -0.05) is 23.9 Å². The quantitative estimate of drug-likeness (QED) is 0.388. The maximum atomic E-state index is 13.3. The summed E-state index contributed by atoms with van der Waals surface area (Å²) in [6, 6.07) is 17.5. The molecule has 2 heterocycles. The third kappa shape index (κ3) is 5.31. The lowest BCUT2D eigenvalue weighted by Gasteiger charge is -2.11. The number of hydrogen-bond acceptors (Lipinski definition) is 6. The molecule has 4 aromatic rings. The van der Waals surface area contributed by atoms with Crippen molar-refractivity contribution < 1.29 is 13.9 Å². The van der Waals surface area contributed by atoms with Crippen LogP contribution in [0.5, 0.6) is 5.75 Å². The molecule has 9 heteroatoms. The molecule has 2 aromatic carbocycles. The highest BCUT2D eigenvalue weighted by Gasteiger charge is 2.17. The number of anilines is 1. The number of thioether (sulfide) groups is 1. The van der Waals surface area contributed by atoms with Crippen molar-refractivity contribution in [1.29, 1.82) is 0 Å². The van der Waals surface area contributed by atoms with Gasteiger partial charge in [-0.25, -0.2) is 4.39 Å². The molecule has 0 atom stereocenters. The summed E-state index contributed by atoms with van der Waals surface area (Å²) in [6.07, 6.45) is 0.632. The Morgan fingerprint density at radius 2 is 2.00 bits per heavy atom. The van der Waals surface area contributed by atoms with Gasteiger partial charge in [-0.3, -0.25) is 9.36 Å². The lowest BCUT2D eigenvalue weighted by Crippen LogP contribution is -2.14. The number of nitrogens with zero attached hydrogens (tertiary/aromatic N) is 3. The van der Waals surface area contributed by atoms with Gasteiger partial charge in [-0.15, -0.1) is 21.5 Å². The molecule has 0 unspecified atom stereocenters. The Bertz CT molecular complexity index is 1160. The van der Waals surface area contributed by atoms with E-state index in [1.165, 1.54) is 28.8 Å². The second-order valence-corrected chi connectivity index (χ2v) is 8.51. The molecular formula is C22H19FN4O2S2. The number of hydrogen-bond donors (Lipinski definition) is 1. The maximum Gasteiger partial charge on any atom is 0.234 e. The van der Waals surface area contributed by atoms with Crippen LogP contribution in [0.3, 0.4) is 0 Å². The van der Waals surface area contributed by atoms with Gasteiger partial charge in [-0.05, 0) is 53.9 Å². The van der Waals surface area contributed by atoms with E-state index in [1.54, 1.807) is 30.6 Å². The van der Waals surface area contributed by atoms with Crippen LogP contribution >= 0.6 is 23.1 Å². The van der Waals surface area contributed by atoms with E-state index in [9.17, 15) is 9.18 Å². The molecule has 0 aliphatic carbocycles. The number of benzene rings is 2. The van der Waals surface area contributed by atoms with Crippen molar-refractivity contribution in [2.75, 3.05) is 18.2 Å². The standard InChI is InChI=1S/C22H19FN4O2S2/c1-29-18-9-7-17(8-10-18)27-20(13-19-6-3-11-30-19)25-26-22(27)31-14-21(28)24-16-5-2-4-15(23)12-16/h2-12H,13-14H2,1H3,(H,24,28). The number of carbonyl (C=O) groups excluding carboxylic acids is 1. The summed E-state index contributed by atoms with van der Waals surface area (Å²) in [4.78, 5) is 13.5. The van der Waals surface area contributed by atoms with Gasteiger partial charge in [0.2, 0.25) is 5.91 Å². The van der Waals surface area contributed by atoms with Gasteiger partial charge in [0, 0.05) is 22.7 Å². The van der Waals surface area contributed by atoms with E-state index < -0.39 is 5.82 Å². The average Bonchev–Trinajstić information content (AvgIpc) is 3.43. The molecule has 4 rings (SSSR count). The summed E-state index contributed by atoms with van der Waals surface area (Å²) in [5.74, 6) is 0.993. The molecule has 1 amide bonds. The zero-order chi connectivity index (χ0) is 21.6. The molecule has 1 N–H and O–H groups in total. The van der Waals surface area contributed by atoms with Crippen molar-refractivity contribution in [2.45, 2.75) is 11.6 Å². The number of methoxy groups -OCH3 is 1. The minimum atomic E-state index is -0.400. The first-order valence-corrected chi connectivity index (χ1v) is 11.3. The molecule has 0 fully saturated rings. The molecule has 158 valence electrons.